The fraction of sp³-hybridized carbons (Fsp3) is 0.462. The zero-order valence-electron chi connectivity index (χ0n) is 11.1. The van der Waals surface area contributed by atoms with Gasteiger partial charge in [-0.2, -0.15) is 0 Å². The van der Waals surface area contributed by atoms with Crippen LogP contribution < -0.4 is 10.6 Å². The van der Waals surface area contributed by atoms with Gasteiger partial charge in [-0.3, -0.25) is 9.78 Å². The molecule has 104 valence electrons. The number of urea groups is 1. The van der Waals surface area contributed by atoms with Gasteiger partial charge in [0, 0.05) is 25.5 Å². The number of nitrogens with one attached hydrogen (secondary N) is 2. The average molecular weight is 265 g/mol. The SMILES string of the molecule is Cc1ccncc1CNC(=O)NCCC(C)C(=O)O. The van der Waals surface area contributed by atoms with Gasteiger partial charge < -0.3 is 15.7 Å². The monoisotopic (exact) mass is 265 g/mol. The summed E-state index contributed by atoms with van der Waals surface area (Å²) < 4.78 is 0. The largest absolute Gasteiger partial charge is 0.481 e. The summed E-state index contributed by atoms with van der Waals surface area (Å²) in [5.41, 5.74) is 2.02. The Morgan fingerprint density at radius 1 is 1.42 bits per heavy atom. The number of carboxylic acids is 1. The van der Waals surface area contributed by atoms with Crippen molar-refractivity contribution in [2.75, 3.05) is 6.54 Å². The molecular formula is C13H19N3O3. The first kappa shape index (κ1) is 14.9. The number of carboxylic acid groups (broad SMARTS) is 1. The summed E-state index contributed by atoms with van der Waals surface area (Å²) in [6, 6.07) is 1.57. The molecule has 0 aliphatic heterocycles. The molecule has 2 amide bonds. The fourth-order valence-corrected chi connectivity index (χ4v) is 1.45. The first-order valence-corrected chi connectivity index (χ1v) is 6.14. The standard InChI is InChI=1S/C13H19N3O3/c1-9-3-5-14-7-11(9)8-16-13(19)15-6-4-10(2)12(17)18/h3,5,7,10H,4,6,8H2,1-2H3,(H,17,18)(H2,15,16,19). The van der Waals surface area contributed by atoms with Crippen molar-refractivity contribution in [3.8, 4) is 0 Å². The van der Waals surface area contributed by atoms with Gasteiger partial charge in [0.25, 0.3) is 0 Å². The summed E-state index contributed by atoms with van der Waals surface area (Å²) in [5, 5.41) is 14.0. The van der Waals surface area contributed by atoms with Gasteiger partial charge in [0.1, 0.15) is 0 Å². The fourth-order valence-electron chi connectivity index (χ4n) is 1.45. The molecule has 0 spiro atoms. The Morgan fingerprint density at radius 3 is 2.79 bits per heavy atom. The third-order valence-corrected chi connectivity index (χ3v) is 2.87. The van der Waals surface area contributed by atoms with Crippen molar-refractivity contribution in [1.82, 2.24) is 15.6 Å². The molecule has 6 heteroatoms. The van der Waals surface area contributed by atoms with Crippen LogP contribution in [0.3, 0.4) is 0 Å². The molecule has 0 aromatic carbocycles. The van der Waals surface area contributed by atoms with Crippen molar-refractivity contribution >= 4 is 12.0 Å². The highest BCUT2D eigenvalue weighted by Crippen LogP contribution is 2.03. The Bertz CT molecular complexity index is 449. The molecule has 19 heavy (non-hydrogen) atoms. The molecule has 1 aromatic rings. The summed E-state index contributed by atoms with van der Waals surface area (Å²) in [4.78, 5) is 26.1. The molecule has 1 heterocycles. The number of aryl methyl sites for hydroxylation is 1. The highest BCUT2D eigenvalue weighted by Gasteiger charge is 2.10. The molecule has 3 N–H and O–H groups in total. The molecule has 0 fully saturated rings. The first-order valence-electron chi connectivity index (χ1n) is 6.14. The number of hydrogen-bond acceptors (Lipinski definition) is 3. The summed E-state index contributed by atoms with van der Waals surface area (Å²) in [6.45, 7) is 4.30. The first-order chi connectivity index (χ1) is 9.00. The predicted molar refractivity (Wildman–Crippen MR) is 70.6 cm³/mol. The number of pyridine rings is 1. The van der Waals surface area contributed by atoms with Gasteiger partial charge in [-0.05, 0) is 30.5 Å². The second kappa shape index (κ2) is 7.35. The maximum absolute atomic E-state index is 11.5. The second-order valence-electron chi connectivity index (χ2n) is 4.44. The molecule has 1 atom stereocenters. The molecule has 1 unspecified atom stereocenters. The van der Waals surface area contributed by atoms with Crippen LogP contribution in [-0.4, -0.2) is 28.6 Å². The predicted octanol–water partition coefficient (Wildman–Crippen LogP) is 1.30. The summed E-state index contributed by atoms with van der Waals surface area (Å²) in [7, 11) is 0. The highest BCUT2D eigenvalue weighted by atomic mass is 16.4. The van der Waals surface area contributed by atoms with Crippen molar-refractivity contribution in [3.63, 3.8) is 0 Å². The number of amides is 2. The molecular weight excluding hydrogens is 246 g/mol. The van der Waals surface area contributed by atoms with Crippen molar-refractivity contribution < 1.29 is 14.7 Å². The van der Waals surface area contributed by atoms with Crippen molar-refractivity contribution in [1.29, 1.82) is 0 Å². The molecule has 6 nitrogen and oxygen atoms in total. The Kier molecular flexibility index (Phi) is 5.78. The minimum Gasteiger partial charge on any atom is -0.481 e. The van der Waals surface area contributed by atoms with Crippen molar-refractivity contribution in [2.45, 2.75) is 26.8 Å². The number of aromatic nitrogens is 1. The van der Waals surface area contributed by atoms with Gasteiger partial charge in [-0.15, -0.1) is 0 Å². The van der Waals surface area contributed by atoms with Crippen LogP contribution in [0.15, 0.2) is 18.5 Å². The lowest BCUT2D eigenvalue weighted by Crippen LogP contribution is -2.36. The molecule has 0 aliphatic rings. The van der Waals surface area contributed by atoms with E-state index in [1.165, 1.54) is 0 Å². The van der Waals surface area contributed by atoms with Gasteiger partial charge >= 0.3 is 12.0 Å². The Balaban J connectivity index is 2.25. The zero-order valence-corrected chi connectivity index (χ0v) is 11.1. The van der Waals surface area contributed by atoms with Crippen LogP contribution in [0, 0.1) is 12.8 Å². The van der Waals surface area contributed by atoms with E-state index in [0.717, 1.165) is 11.1 Å². The van der Waals surface area contributed by atoms with E-state index in [0.29, 0.717) is 19.5 Å². The van der Waals surface area contributed by atoms with E-state index in [9.17, 15) is 9.59 Å². The van der Waals surface area contributed by atoms with E-state index < -0.39 is 11.9 Å². The van der Waals surface area contributed by atoms with Crippen LogP contribution in [0.4, 0.5) is 4.79 Å². The lowest BCUT2D eigenvalue weighted by molar-refractivity contribution is -0.141. The highest BCUT2D eigenvalue weighted by molar-refractivity contribution is 5.74. The van der Waals surface area contributed by atoms with Crippen LogP contribution in [0.5, 0.6) is 0 Å². The smallest absolute Gasteiger partial charge is 0.315 e. The number of carbonyl (C=O) groups is 2. The number of carbonyl (C=O) groups excluding carboxylic acids is 1. The third-order valence-electron chi connectivity index (χ3n) is 2.87. The van der Waals surface area contributed by atoms with Gasteiger partial charge in [0.05, 0.1) is 5.92 Å². The number of nitrogens with zero attached hydrogens (tertiary/aromatic N) is 1. The van der Waals surface area contributed by atoms with Crippen LogP contribution in [0.2, 0.25) is 0 Å². The minimum atomic E-state index is -0.854. The van der Waals surface area contributed by atoms with Crippen molar-refractivity contribution in [2.24, 2.45) is 5.92 Å². The zero-order chi connectivity index (χ0) is 14.3. The van der Waals surface area contributed by atoms with Crippen LogP contribution in [0.1, 0.15) is 24.5 Å². The van der Waals surface area contributed by atoms with Crippen LogP contribution >= 0.6 is 0 Å². The molecule has 0 bridgehead atoms. The Morgan fingerprint density at radius 2 is 2.16 bits per heavy atom. The summed E-state index contributed by atoms with van der Waals surface area (Å²) in [6.07, 6.45) is 3.82. The minimum absolute atomic E-state index is 0.305. The van der Waals surface area contributed by atoms with E-state index in [-0.39, 0.29) is 6.03 Å². The van der Waals surface area contributed by atoms with Gasteiger partial charge in [0.2, 0.25) is 0 Å². The number of hydrogen-bond donors (Lipinski definition) is 3. The van der Waals surface area contributed by atoms with E-state index >= 15 is 0 Å². The second-order valence-corrected chi connectivity index (χ2v) is 4.44. The summed E-state index contributed by atoms with van der Waals surface area (Å²) in [5.74, 6) is -1.31. The summed E-state index contributed by atoms with van der Waals surface area (Å²) >= 11 is 0. The molecule has 0 saturated heterocycles. The van der Waals surface area contributed by atoms with Gasteiger partial charge in [0.15, 0.2) is 0 Å². The quantitative estimate of drug-likeness (QED) is 0.723. The van der Waals surface area contributed by atoms with Crippen LogP contribution in [-0.2, 0) is 11.3 Å². The van der Waals surface area contributed by atoms with Crippen molar-refractivity contribution in [3.05, 3.63) is 29.6 Å². The molecule has 1 aromatic heterocycles. The maximum Gasteiger partial charge on any atom is 0.315 e. The average Bonchev–Trinajstić information content (AvgIpc) is 2.37. The van der Waals surface area contributed by atoms with Crippen LogP contribution in [0.25, 0.3) is 0 Å². The Labute approximate surface area is 112 Å². The lowest BCUT2D eigenvalue weighted by atomic mass is 10.1. The van der Waals surface area contributed by atoms with Gasteiger partial charge in [-0.1, -0.05) is 6.92 Å². The number of aliphatic carboxylic acids is 1. The topological polar surface area (TPSA) is 91.3 Å². The Hall–Kier alpha value is -2.11. The lowest BCUT2D eigenvalue weighted by Gasteiger charge is -2.10. The maximum atomic E-state index is 11.5. The molecule has 1 rings (SSSR count). The molecule has 0 aliphatic carbocycles. The van der Waals surface area contributed by atoms with Gasteiger partial charge in [-0.25, -0.2) is 4.79 Å². The third kappa shape index (κ3) is 5.37. The normalized spacial score (nSPS) is 11.7. The van der Waals surface area contributed by atoms with E-state index in [1.54, 1.807) is 19.3 Å². The van der Waals surface area contributed by atoms with E-state index in [2.05, 4.69) is 15.6 Å². The van der Waals surface area contributed by atoms with E-state index in [4.69, 9.17) is 5.11 Å². The van der Waals surface area contributed by atoms with E-state index in [1.807, 2.05) is 13.0 Å². The number of rotatable bonds is 6. The molecule has 0 radical (unpaired) electrons. The molecule has 0 saturated carbocycles.